The first-order valence-electron chi connectivity index (χ1n) is 8.76. The van der Waals surface area contributed by atoms with E-state index < -0.39 is 11.4 Å². The summed E-state index contributed by atoms with van der Waals surface area (Å²) in [4.78, 5) is 12.7. The van der Waals surface area contributed by atoms with Crippen molar-refractivity contribution in [3.05, 3.63) is 42.0 Å². The van der Waals surface area contributed by atoms with Crippen LogP contribution in [0.1, 0.15) is 5.56 Å². The van der Waals surface area contributed by atoms with E-state index >= 15 is 0 Å². The van der Waals surface area contributed by atoms with Crippen molar-refractivity contribution in [2.45, 2.75) is 9.79 Å². The van der Waals surface area contributed by atoms with Gasteiger partial charge in [-0.1, -0.05) is 24.3 Å². The van der Waals surface area contributed by atoms with E-state index in [2.05, 4.69) is 20.7 Å². The number of nitrogens with zero attached hydrogens (tertiary/aromatic N) is 1. The second-order valence-corrected chi connectivity index (χ2v) is 7.76. The lowest BCUT2D eigenvalue weighted by atomic mass is 9.97. The molecule has 0 saturated carbocycles. The van der Waals surface area contributed by atoms with Crippen LogP contribution in [0.3, 0.4) is 0 Å². The van der Waals surface area contributed by atoms with Crippen molar-refractivity contribution in [2.75, 3.05) is 25.0 Å². The molecule has 2 aromatic carbocycles. The molecule has 0 radical (unpaired) electrons. The molecule has 1 atom stereocenters. The highest BCUT2D eigenvalue weighted by molar-refractivity contribution is 7.98. The highest BCUT2D eigenvalue weighted by atomic mass is 32.2. The average Bonchev–Trinajstić information content (AvgIpc) is 2.73. The zero-order chi connectivity index (χ0) is 22.1. The van der Waals surface area contributed by atoms with E-state index in [0.717, 1.165) is 0 Å². The first-order chi connectivity index (χ1) is 14.4. The van der Waals surface area contributed by atoms with E-state index in [0.29, 0.717) is 40.4 Å². The number of nitrogens with one attached hydrogen (secondary N) is 3. The van der Waals surface area contributed by atoms with Crippen LogP contribution in [0.2, 0.25) is 0 Å². The van der Waals surface area contributed by atoms with E-state index in [-0.39, 0.29) is 23.2 Å². The van der Waals surface area contributed by atoms with Crippen LogP contribution in [0.5, 0.6) is 0 Å². The summed E-state index contributed by atoms with van der Waals surface area (Å²) in [6, 6.07) is 10.6. The fourth-order valence-corrected chi connectivity index (χ4v) is 4.42. The molecule has 1 unspecified atom stereocenters. The standard InChI is InChI=1S/C17H25N9O2S2/c18-7-8-23-29-13-6-5-11(15(16(13)30(22)28)17(20)25-26-21)10-3-1-2-4-12(10)24-14(27)9-19/h1-6,23,26H,7-9,18-19,21-22H2,(H2,20,25)(H,24,27). The number of hydrazine groups is 1. The Morgan fingerprint density at radius 1 is 1.17 bits per heavy atom. The second-order valence-electron chi connectivity index (χ2n) is 5.82. The first-order valence-corrected chi connectivity index (χ1v) is 10.8. The number of para-hydroxylation sites is 1. The molecule has 1 amide bonds. The Morgan fingerprint density at radius 3 is 2.53 bits per heavy atom. The first kappa shape index (κ1) is 23.9. The van der Waals surface area contributed by atoms with Crippen molar-refractivity contribution in [1.29, 1.82) is 0 Å². The number of amides is 1. The van der Waals surface area contributed by atoms with Gasteiger partial charge in [0.15, 0.2) is 10.7 Å². The van der Waals surface area contributed by atoms with Gasteiger partial charge >= 0.3 is 0 Å². The molecule has 0 aliphatic rings. The Hall–Kier alpha value is -2.36. The number of hydrogen-bond donors (Lipinski definition) is 8. The van der Waals surface area contributed by atoms with Crippen molar-refractivity contribution in [2.24, 2.45) is 33.3 Å². The zero-order valence-corrected chi connectivity index (χ0v) is 17.7. The molecule has 0 spiro atoms. The van der Waals surface area contributed by atoms with Gasteiger partial charge in [0.2, 0.25) is 5.91 Å². The van der Waals surface area contributed by atoms with E-state index in [1.54, 1.807) is 36.4 Å². The van der Waals surface area contributed by atoms with Gasteiger partial charge in [0.05, 0.1) is 28.4 Å². The molecular formula is C17H25N9O2S2. The predicted molar refractivity (Wildman–Crippen MR) is 121 cm³/mol. The van der Waals surface area contributed by atoms with Crippen LogP contribution in [-0.4, -0.2) is 35.9 Å². The maximum atomic E-state index is 12.5. The highest BCUT2D eigenvalue weighted by Gasteiger charge is 2.27. The van der Waals surface area contributed by atoms with Crippen LogP contribution in [0.25, 0.3) is 11.1 Å². The monoisotopic (exact) mass is 451 g/mol. The van der Waals surface area contributed by atoms with Crippen LogP contribution >= 0.6 is 11.9 Å². The molecule has 162 valence electrons. The van der Waals surface area contributed by atoms with Crippen LogP contribution in [0.15, 0.2) is 51.3 Å². The predicted octanol–water partition coefficient (Wildman–Crippen LogP) is -1.13. The van der Waals surface area contributed by atoms with Crippen molar-refractivity contribution >= 4 is 40.7 Å². The number of carbonyl (C=O) groups is 1. The van der Waals surface area contributed by atoms with Crippen molar-refractivity contribution in [3.63, 3.8) is 0 Å². The maximum Gasteiger partial charge on any atom is 0.238 e. The van der Waals surface area contributed by atoms with Gasteiger partial charge < -0.3 is 27.1 Å². The molecule has 13 heteroatoms. The summed E-state index contributed by atoms with van der Waals surface area (Å²) in [5, 5.41) is 12.4. The quantitative estimate of drug-likeness (QED) is 0.0413. The van der Waals surface area contributed by atoms with Gasteiger partial charge in [-0.3, -0.25) is 9.52 Å². The highest BCUT2D eigenvalue weighted by Crippen LogP contribution is 2.37. The van der Waals surface area contributed by atoms with Crippen LogP contribution in [0, 0.1) is 0 Å². The second kappa shape index (κ2) is 11.7. The number of anilines is 1. The summed E-state index contributed by atoms with van der Waals surface area (Å²) in [6.45, 7) is 0.774. The number of amidine groups is 1. The number of benzene rings is 2. The summed E-state index contributed by atoms with van der Waals surface area (Å²) >= 11 is -0.693. The Bertz CT molecular complexity index is 909. The maximum absolute atomic E-state index is 12.5. The molecule has 11 nitrogen and oxygen atoms in total. The zero-order valence-electron chi connectivity index (χ0n) is 16.1. The van der Waals surface area contributed by atoms with Gasteiger partial charge in [-0.2, -0.15) is 0 Å². The van der Waals surface area contributed by atoms with Crippen molar-refractivity contribution < 1.29 is 9.35 Å². The number of rotatable bonds is 10. The summed E-state index contributed by atoms with van der Waals surface area (Å²) < 4.78 is 15.6. The molecule has 30 heavy (non-hydrogen) atoms. The number of hydrogen-bond acceptors (Lipinski definition) is 10. The summed E-state index contributed by atoms with van der Waals surface area (Å²) in [5.41, 5.74) is 21.2. The fraction of sp³-hybridized carbons (Fsp3) is 0.176. The molecule has 0 aliphatic heterocycles. The minimum atomic E-state index is -1.91. The average molecular weight is 452 g/mol. The van der Waals surface area contributed by atoms with Gasteiger partial charge in [-0.05, 0) is 29.6 Å². The lowest BCUT2D eigenvalue weighted by molar-refractivity contribution is -0.114. The van der Waals surface area contributed by atoms with Crippen LogP contribution < -0.4 is 43.8 Å². The Balaban J connectivity index is 2.73. The third kappa shape index (κ3) is 5.84. The Morgan fingerprint density at radius 2 is 1.90 bits per heavy atom. The number of carbonyl (C=O) groups excluding carboxylic acids is 1. The largest absolute Gasteiger partial charge is 0.593 e. The van der Waals surface area contributed by atoms with Gasteiger partial charge in [-0.15, -0.1) is 10.2 Å². The Labute approximate surface area is 181 Å². The van der Waals surface area contributed by atoms with Gasteiger partial charge in [0, 0.05) is 24.3 Å². The van der Waals surface area contributed by atoms with Crippen molar-refractivity contribution in [1.82, 2.24) is 10.3 Å². The lowest BCUT2D eigenvalue weighted by Crippen LogP contribution is -2.28. The van der Waals surface area contributed by atoms with Gasteiger partial charge in [0.1, 0.15) is 0 Å². The van der Waals surface area contributed by atoms with E-state index in [9.17, 15) is 9.35 Å². The third-order valence-electron chi connectivity index (χ3n) is 3.87. The molecule has 0 aromatic heterocycles. The topological polar surface area (TPSA) is 219 Å². The van der Waals surface area contributed by atoms with E-state index in [4.69, 9.17) is 28.2 Å². The van der Waals surface area contributed by atoms with Crippen molar-refractivity contribution in [3.8, 4) is 11.1 Å². The summed E-state index contributed by atoms with van der Waals surface area (Å²) in [7, 11) is 0. The normalized spacial score (nSPS) is 12.5. The van der Waals surface area contributed by atoms with E-state index in [1.807, 2.05) is 0 Å². The van der Waals surface area contributed by atoms with Crippen LogP contribution in [0.4, 0.5) is 5.69 Å². The Kier molecular flexibility index (Phi) is 9.35. The van der Waals surface area contributed by atoms with Gasteiger partial charge in [-0.25, -0.2) is 11.4 Å². The SMILES string of the molecule is NCCNSc1ccc(-c2ccccc2NC(=O)CN)c(/C(N)=N/NN)c1[S+](N)[O-]. The van der Waals surface area contributed by atoms with Crippen LogP contribution in [-0.2, 0) is 16.2 Å². The number of nitrogens with two attached hydrogens (primary N) is 5. The minimum Gasteiger partial charge on any atom is -0.593 e. The third-order valence-corrected chi connectivity index (χ3v) is 5.73. The molecule has 0 fully saturated rings. The van der Waals surface area contributed by atoms with E-state index in [1.165, 1.54) is 11.9 Å². The molecule has 2 aromatic rings. The molecule has 0 saturated heterocycles. The summed E-state index contributed by atoms with van der Waals surface area (Å²) in [6.07, 6.45) is 0. The smallest absolute Gasteiger partial charge is 0.238 e. The fourth-order valence-electron chi connectivity index (χ4n) is 2.66. The number of hydrazone groups is 1. The molecular weight excluding hydrogens is 426 g/mol. The minimum absolute atomic E-state index is 0.0254. The molecule has 0 bridgehead atoms. The molecule has 13 N–H and O–H groups in total. The van der Waals surface area contributed by atoms with Gasteiger partial charge in [0.25, 0.3) is 0 Å². The summed E-state index contributed by atoms with van der Waals surface area (Å²) in [5.74, 6) is 4.91. The molecule has 2 rings (SSSR count). The molecule has 0 heterocycles. The lowest BCUT2D eigenvalue weighted by Gasteiger charge is -2.19. The molecule has 0 aliphatic carbocycles.